The number of thiocarbonyl (C=S) groups is 1. The van der Waals surface area contributed by atoms with Crippen molar-refractivity contribution < 1.29 is 14.2 Å². The maximum atomic E-state index is 5.48. The number of hydrogen-bond donors (Lipinski definition) is 3. The van der Waals surface area contributed by atoms with E-state index < -0.39 is 0 Å². The second-order valence-corrected chi connectivity index (χ2v) is 8.18. The Hall–Kier alpha value is -3.40. The summed E-state index contributed by atoms with van der Waals surface area (Å²) in [7, 11) is 4.71. The third-order valence-electron chi connectivity index (χ3n) is 5.53. The minimum Gasteiger partial charge on any atom is -0.493 e. The van der Waals surface area contributed by atoms with Gasteiger partial charge in [-0.1, -0.05) is 19.3 Å². The molecule has 0 saturated heterocycles. The van der Waals surface area contributed by atoms with Gasteiger partial charge in [-0.15, -0.1) is 0 Å². The molecule has 33 heavy (non-hydrogen) atoms. The molecule has 0 bridgehead atoms. The Morgan fingerprint density at radius 3 is 2.30 bits per heavy atom. The predicted octanol–water partition coefficient (Wildman–Crippen LogP) is 4.41. The van der Waals surface area contributed by atoms with E-state index in [-0.39, 0.29) is 0 Å². The summed E-state index contributed by atoms with van der Waals surface area (Å²) in [4.78, 5) is 13.6. The number of nitrogens with one attached hydrogen (secondary N) is 3. The average molecular weight is 469 g/mol. The molecule has 0 unspecified atom stereocenters. The first-order valence-corrected chi connectivity index (χ1v) is 11.3. The lowest BCUT2D eigenvalue weighted by Gasteiger charge is -2.24. The Morgan fingerprint density at radius 2 is 1.64 bits per heavy atom. The van der Waals surface area contributed by atoms with Gasteiger partial charge in [-0.25, -0.2) is 15.0 Å². The van der Waals surface area contributed by atoms with Crippen molar-refractivity contribution in [1.29, 1.82) is 0 Å². The van der Waals surface area contributed by atoms with Gasteiger partial charge in [0.05, 0.1) is 27.5 Å². The number of aromatic nitrogens is 3. The van der Waals surface area contributed by atoms with Crippen LogP contribution in [-0.2, 0) is 0 Å². The molecule has 2 heterocycles. The largest absolute Gasteiger partial charge is 0.493 e. The number of rotatable bonds is 7. The van der Waals surface area contributed by atoms with E-state index in [0.717, 1.165) is 12.8 Å². The molecule has 0 atom stereocenters. The Morgan fingerprint density at radius 1 is 0.939 bits per heavy atom. The highest BCUT2D eigenvalue weighted by Gasteiger charge is 2.15. The zero-order chi connectivity index (χ0) is 23.2. The zero-order valence-corrected chi connectivity index (χ0v) is 19.8. The number of nitrogens with zero attached hydrogens (tertiary/aromatic N) is 3. The highest BCUT2D eigenvalue weighted by atomic mass is 32.1. The van der Waals surface area contributed by atoms with Crippen LogP contribution in [0, 0.1) is 0 Å². The molecule has 3 N–H and O–H groups in total. The smallest absolute Gasteiger partial charge is 0.203 e. The van der Waals surface area contributed by atoms with E-state index in [0.29, 0.717) is 56.9 Å². The van der Waals surface area contributed by atoms with Crippen LogP contribution in [0.2, 0.25) is 0 Å². The normalized spacial score (nSPS) is 13.9. The third-order valence-corrected chi connectivity index (χ3v) is 5.75. The zero-order valence-electron chi connectivity index (χ0n) is 19.0. The number of benzene rings is 1. The molecule has 4 rings (SSSR count). The van der Waals surface area contributed by atoms with Gasteiger partial charge < -0.3 is 30.2 Å². The predicted molar refractivity (Wildman–Crippen MR) is 133 cm³/mol. The number of pyridine rings is 1. The molecule has 1 aliphatic carbocycles. The van der Waals surface area contributed by atoms with Gasteiger partial charge in [-0.05, 0) is 37.2 Å². The topological polar surface area (TPSA) is 102 Å². The van der Waals surface area contributed by atoms with Crippen LogP contribution in [0.5, 0.6) is 17.2 Å². The molecule has 0 aliphatic heterocycles. The van der Waals surface area contributed by atoms with Crippen LogP contribution in [0.1, 0.15) is 32.1 Å². The van der Waals surface area contributed by atoms with Crippen LogP contribution in [0.3, 0.4) is 0 Å². The van der Waals surface area contributed by atoms with Gasteiger partial charge in [-0.3, -0.25) is 0 Å². The monoisotopic (exact) mass is 468 g/mol. The number of hydrogen-bond acceptors (Lipinski definition) is 8. The minimum absolute atomic E-state index is 0.424. The van der Waals surface area contributed by atoms with Crippen LogP contribution in [-0.4, -0.2) is 47.4 Å². The molecule has 174 valence electrons. The van der Waals surface area contributed by atoms with E-state index in [2.05, 4.69) is 30.9 Å². The summed E-state index contributed by atoms with van der Waals surface area (Å²) in [6.45, 7) is 0. The van der Waals surface area contributed by atoms with Crippen LogP contribution >= 0.6 is 12.2 Å². The molecule has 2 aromatic heterocycles. The molecule has 1 fully saturated rings. The van der Waals surface area contributed by atoms with Gasteiger partial charge >= 0.3 is 0 Å². The Labute approximate surface area is 198 Å². The second kappa shape index (κ2) is 10.5. The maximum absolute atomic E-state index is 5.48. The van der Waals surface area contributed by atoms with E-state index in [4.69, 9.17) is 26.4 Å². The fourth-order valence-corrected chi connectivity index (χ4v) is 4.18. The summed E-state index contributed by atoms with van der Waals surface area (Å²) in [6, 6.07) is 7.73. The lowest BCUT2D eigenvalue weighted by atomic mass is 9.96. The van der Waals surface area contributed by atoms with E-state index in [9.17, 15) is 0 Å². The van der Waals surface area contributed by atoms with Gasteiger partial charge in [0.2, 0.25) is 5.75 Å². The SMILES string of the molecule is COc1cc(Nc2cnc3ccc(NC(=S)NC4CCCCC4)nc3n2)cc(OC)c1OC. The summed E-state index contributed by atoms with van der Waals surface area (Å²) in [5.41, 5.74) is 1.89. The van der Waals surface area contributed by atoms with Crippen molar-refractivity contribution in [3.05, 3.63) is 30.5 Å². The van der Waals surface area contributed by atoms with Crippen LogP contribution < -0.4 is 30.2 Å². The quantitative estimate of drug-likeness (QED) is 0.432. The lowest BCUT2D eigenvalue weighted by Crippen LogP contribution is -2.38. The second-order valence-electron chi connectivity index (χ2n) is 7.77. The molecule has 0 spiro atoms. The number of fused-ring (bicyclic) bond motifs is 1. The van der Waals surface area contributed by atoms with Crippen LogP contribution in [0.25, 0.3) is 11.2 Å². The average Bonchev–Trinajstić information content (AvgIpc) is 2.83. The van der Waals surface area contributed by atoms with Crippen molar-refractivity contribution in [2.45, 2.75) is 38.1 Å². The van der Waals surface area contributed by atoms with Crippen molar-refractivity contribution in [1.82, 2.24) is 20.3 Å². The van der Waals surface area contributed by atoms with Gasteiger partial charge in [0.1, 0.15) is 11.3 Å². The van der Waals surface area contributed by atoms with Crippen molar-refractivity contribution in [3.63, 3.8) is 0 Å². The van der Waals surface area contributed by atoms with E-state index in [1.807, 2.05) is 12.1 Å². The Bertz CT molecular complexity index is 1110. The van der Waals surface area contributed by atoms with Gasteiger partial charge in [0.25, 0.3) is 0 Å². The maximum Gasteiger partial charge on any atom is 0.203 e. The molecule has 0 amide bonds. The first kappa shape index (κ1) is 22.8. The highest BCUT2D eigenvalue weighted by Crippen LogP contribution is 2.40. The van der Waals surface area contributed by atoms with Gasteiger partial charge in [-0.2, -0.15) is 0 Å². The van der Waals surface area contributed by atoms with Crippen LogP contribution in [0.15, 0.2) is 30.5 Å². The summed E-state index contributed by atoms with van der Waals surface area (Å²) in [6.07, 6.45) is 7.73. The van der Waals surface area contributed by atoms with Gasteiger partial charge in [0.15, 0.2) is 28.1 Å². The van der Waals surface area contributed by atoms with Crippen molar-refractivity contribution in [3.8, 4) is 17.2 Å². The van der Waals surface area contributed by atoms with Crippen molar-refractivity contribution in [2.75, 3.05) is 32.0 Å². The molecule has 1 aromatic carbocycles. The molecule has 1 aliphatic rings. The fourth-order valence-electron chi connectivity index (χ4n) is 3.91. The molecule has 0 radical (unpaired) electrons. The molecule has 1 saturated carbocycles. The lowest BCUT2D eigenvalue weighted by molar-refractivity contribution is 0.324. The molecular weight excluding hydrogens is 440 g/mol. The number of methoxy groups -OCH3 is 3. The van der Waals surface area contributed by atoms with E-state index in [1.54, 1.807) is 39.7 Å². The third kappa shape index (κ3) is 5.51. The molecule has 10 heteroatoms. The summed E-state index contributed by atoms with van der Waals surface area (Å²) in [5, 5.41) is 10.4. The van der Waals surface area contributed by atoms with Gasteiger partial charge in [0, 0.05) is 23.9 Å². The molecular formula is C23H28N6O3S. The minimum atomic E-state index is 0.424. The first-order valence-electron chi connectivity index (χ1n) is 10.9. The summed E-state index contributed by atoms with van der Waals surface area (Å²) in [5.74, 6) is 2.75. The molecule has 9 nitrogen and oxygen atoms in total. The number of anilines is 3. The number of ether oxygens (including phenoxy) is 3. The van der Waals surface area contributed by atoms with E-state index in [1.165, 1.54) is 19.3 Å². The van der Waals surface area contributed by atoms with Crippen molar-refractivity contribution >= 4 is 45.8 Å². The fraction of sp³-hybridized carbons (Fsp3) is 0.391. The summed E-state index contributed by atoms with van der Waals surface area (Å²) >= 11 is 5.48. The van der Waals surface area contributed by atoms with E-state index >= 15 is 0 Å². The summed E-state index contributed by atoms with van der Waals surface area (Å²) < 4.78 is 16.2. The first-order chi connectivity index (χ1) is 16.1. The Kier molecular flexibility index (Phi) is 7.23. The Balaban J connectivity index is 1.51. The highest BCUT2D eigenvalue weighted by molar-refractivity contribution is 7.80. The van der Waals surface area contributed by atoms with Crippen LogP contribution in [0.4, 0.5) is 17.3 Å². The molecule has 3 aromatic rings. The standard InChI is InChI=1S/C23H28N6O3S/c1-30-17-11-15(12-18(31-2)21(17)32-3)25-20-13-24-16-9-10-19(27-22(16)28-20)29-23(33)26-14-7-5-4-6-8-14/h9-14H,4-8H2,1-3H3,(H3,25,26,27,28,29,33). The van der Waals surface area contributed by atoms with Crippen molar-refractivity contribution in [2.24, 2.45) is 0 Å².